The van der Waals surface area contributed by atoms with E-state index in [9.17, 15) is 14.4 Å². The summed E-state index contributed by atoms with van der Waals surface area (Å²) < 4.78 is 16.8. The second-order valence-corrected chi connectivity index (χ2v) is 11.6. The van der Waals surface area contributed by atoms with Crippen LogP contribution in [0.3, 0.4) is 0 Å². The van der Waals surface area contributed by atoms with E-state index < -0.39 is 35.7 Å². The minimum absolute atomic E-state index is 0.0996. The van der Waals surface area contributed by atoms with Gasteiger partial charge in [0.1, 0.15) is 36.6 Å². The maximum Gasteiger partial charge on any atom is 0.408 e. The molecule has 3 aromatic carbocycles. The average molecular weight is 575 g/mol. The molecule has 0 saturated carbocycles. The van der Waals surface area contributed by atoms with Crippen molar-refractivity contribution < 1.29 is 28.6 Å². The van der Waals surface area contributed by atoms with E-state index in [1.165, 1.54) is 0 Å². The Morgan fingerprint density at radius 3 is 1.83 bits per heavy atom. The van der Waals surface area contributed by atoms with Crippen molar-refractivity contribution in [2.24, 2.45) is 5.92 Å². The van der Waals surface area contributed by atoms with Crippen molar-refractivity contribution in [3.05, 3.63) is 102 Å². The van der Waals surface area contributed by atoms with Gasteiger partial charge in [-0.25, -0.2) is 9.59 Å². The molecule has 0 aliphatic carbocycles. The fraction of sp³-hybridized carbons (Fsp3) is 0.382. The predicted octanol–water partition coefficient (Wildman–Crippen LogP) is 5.98. The highest BCUT2D eigenvalue weighted by molar-refractivity contribution is 5.90. The van der Waals surface area contributed by atoms with Gasteiger partial charge in [0.05, 0.1) is 0 Å². The van der Waals surface area contributed by atoms with Crippen LogP contribution in [0.15, 0.2) is 84.9 Å². The van der Waals surface area contributed by atoms with Gasteiger partial charge in [0, 0.05) is 6.42 Å². The van der Waals surface area contributed by atoms with Gasteiger partial charge in [-0.2, -0.15) is 0 Å². The Labute approximate surface area is 248 Å². The minimum atomic E-state index is -0.993. The molecule has 0 aromatic heterocycles. The first kappa shape index (κ1) is 32.2. The largest absolute Gasteiger partial charge is 0.489 e. The van der Waals surface area contributed by atoms with Crippen molar-refractivity contribution in [1.82, 2.24) is 10.6 Å². The summed E-state index contributed by atoms with van der Waals surface area (Å²) in [6, 6.07) is 24.7. The van der Waals surface area contributed by atoms with Crippen LogP contribution >= 0.6 is 0 Å². The van der Waals surface area contributed by atoms with Crippen molar-refractivity contribution in [3.8, 4) is 5.75 Å². The monoisotopic (exact) mass is 574 g/mol. The lowest BCUT2D eigenvalue weighted by Crippen LogP contribution is -2.53. The molecule has 0 radical (unpaired) electrons. The maximum absolute atomic E-state index is 13.5. The lowest BCUT2D eigenvalue weighted by molar-refractivity contribution is -0.149. The SMILES string of the molecule is CC(C)C[C@@H](NC(=O)[C@H](Cc1ccc(OCc2ccccc2)cc1)NC(=O)OC(C)(C)C)C(=O)OCc1ccccc1. The van der Waals surface area contributed by atoms with Crippen LogP contribution in [0.4, 0.5) is 4.79 Å². The van der Waals surface area contributed by atoms with Crippen molar-refractivity contribution in [2.75, 3.05) is 0 Å². The summed E-state index contributed by atoms with van der Waals surface area (Å²) in [5.74, 6) is -0.244. The summed E-state index contributed by atoms with van der Waals surface area (Å²) in [5.41, 5.74) is 1.95. The lowest BCUT2D eigenvalue weighted by Gasteiger charge is -2.25. The number of alkyl carbamates (subject to hydrolysis) is 1. The number of esters is 1. The smallest absolute Gasteiger partial charge is 0.408 e. The normalized spacial score (nSPS) is 12.6. The minimum Gasteiger partial charge on any atom is -0.489 e. The van der Waals surface area contributed by atoms with Crippen LogP contribution in [-0.4, -0.2) is 35.7 Å². The third-order valence-corrected chi connectivity index (χ3v) is 6.15. The number of ether oxygens (including phenoxy) is 3. The summed E-state index contributed by atoms with van der Waals surface area (Å²) in [7, 11) is 0. The molecular formula is C34H42N2O6. The van der Waals surface area contributed by atoms with Gasteiger partial charge in [-0.05, 0) is 61.9 Å². The molecule has 0 heterocycles. The zero-order valence-electron chi connectivity index (χ0n) is 25.1. The summed E-state index contributed by atoms with van der Waals surface area (Å²) in [6.07, 6.45) is -0.166. The molecule has 3 rings (SSSR count). The first-order valence-electron chi connectivity index (χ1n) is 14.2. The zero-order valence-corrected chi connectivity index (χ0v) is 25.1. The number of hydrogen-bond donors (Lipinski definition) is 2. The van der Waals surface area contributed by atoms with Crippen LogP contribution < -0.4 is 15.4 Å². The van der Waals surface area contributed by atoms with Crippen LogP contribution in [0.5, 0.6) is 5.75 Å². The van der Waals surface area contributed by atoms with Gasteiger partial charge in [0.2, 0.25) is 5.91 Å². The molecule has 0 aliphatic rings. The second-order valence-electron chi connectivity index (χ2n) is 11.6. The van der Waals surface area contributed by atoms with Gasteiger partial charge < -0.3 is 24.8 Å². The molecule has 8 nitrogen and oxygen atoms in total. The number of carbonyl (C=O) groups is 3. The van der Waals surface area contributed by atoms with Gasteiger partial charge in [-0.15, -0.1) is 0 Å². The summed E-state index contributed by atoms with van der Waals surface area (Å²) >= 11 is 0. The molecule has 0 aliphatic heterocycles. The molecule has 0 saturated heterocycles. The Balaban J connectivity index is 1.70. The van der Waals surface area contributed by atoms with Gasteiger partial charge in [-0.1, -0.05) is 86.6 Å². The molecule has 2 N–H and O–H groups in total. The Kier molecular flexibility index (Phi) is 12.0. The van der Waals surface area contributed by atoms with Crippen LogP contribution in [0.2, 0.25) is 0 Å². The maximum atomic E-state index is 13.5. The fourth-order valence-electron chi connectivity index (χ4n) is 4.14. The van der Waals surface area contributed by atoms with Crippen LogP contribution in [0, 0.1) is 5.92 Å². The zero-order chi connectivity index (χ0) is 30.5. The van der Waals surface area contributed by atoms with Crippen LogP contribution in [0.1, 0.15) is 57.7 Å². The van der Waals surface area contributed by atoms with Crippen LogP contribution in [-0.2, 0) is 38.7 Å². The molecule has 0 fully saturated rings. The Bertz CT molecular complexity index is 1270. The first-order valence-corrected chi connectivity index (χ1v) is 14.2. The summed E-state index contributed by atoms with van der Waals surface area (Å²) in [4.78, 5) is 39.2. The second kappa shape index (κ2) is 15.6. The highest BCUT2D eigenvalue weighted by Gasteiger charge is 2.30. The molecule has 3 aromatic rings. The van der Waals surface area contributed by atoms with Crippen molar-refractivity contribution in [2.45, 2.75) is 78.4 Å². The van der Waals surface area contributed by atoms with E-state index in [-0.39, 0.29) is 18.9 Å². The third kappa shape index (κ3) is 11.6. The fourth-order valence-corrected chi connectivity index (χ4v) is 4.14. The van der Waals surface area contributed by atoms with Gasteiger partial charge in [0.25, 0.3) is 0 Å². The highest BCUT2D eigenvalue weighted by Crippen LogP contribution is 2.17. The van der Waals surface area contributed by atoms with Crippen LogP contribution in [0.25, 0.3) is 0 Å². The molecule has 224 valence electrons. The molecular weight excluding hydrogens is 532 g/mol. The standard InChI is InChI=1S/C34H42N2O6/c1-24(2)20-30(32(38)41-23-27-14-10-7-11-15-27)35-31(37)29(36-33(39)42-34(3,4)5)21-25-16-18-28(19-17-25)40-22-26-12-8-6-9-13-26/h6-19,24,29-30H,20-23H2,1-5H3,(H,35,37)(H,36,39)/t29-,30+/m0/s1. The number of benzene rings is 3. The Morgan fingerprint density at radius 1 is 0.714 bits per heavy atom. The van der Waals surface area contributed by atoms with E-state index in [4.69, 9.17) is 14.2 Å². The van der Waals surface area contributed by atoms with Crippen molar-refractivity contribution >= 4 is 18.0 Å². The lowest BCUT2D eigenvalue weighted by atomic mass is 10.0. The van der Waals surface area contributed by atoms with E-state index in [1.54, 1.807) is 20.8 Å². The van der Waals surface area contributed by atoms with E-state index >= 15 is 0 Å². The number of rotatable bonds is 13. The Morgan fingerprint density at radius 2 is 1.29 bits per heavy atom. The van der Waals surface area contributed by atoms with Gasteiger partial charge >= 0.3 is 12.1 Å². The number of carbonyl (C=O) groups excluding carboxylic acids is 3. The molecule has 8 heteroatoms. The highest BCUT2D eigenvalue weighted by atomic mass is 16.6. The molecule has 0 unspecified atom stereocenters. The first-order chi connectivity index (χ1) is 20.0. The van der Waals surface area contributed by atoms with E-state index in [1.807, 2.05) is 98.8 Å². The summed E-state index contributed by atoms with van der Waals surface area (Å²) in [5, 5.41) is 5.50. The van der Waals surface area contributed by atoms with Gasteiger partial charge in [0.15, 0.2) is 0 Å². The molecule has 2 atom stereocenters. The molecule has 0 spiro atoms. The van der Waals surface area contributed by atoms with Crippen molar-refractivity contribution in [3.63, 3.8) is 0 Å². The Hall–Kier alpha value is -4.33. The predicted molar refractivity (Wildman–Crippen MR) is 162 cm³/mol. The van der Waals surface area contributed by atoms with Gasteiger partial charge in [-0.3, -0.25) is 4.79 Å². The number of hydrogen-bond acceptors (Lipinski definition) is 6. The summed E-state index contributed by atoms with van der Waals surface area (Å²) in [6.45, 7) is 9.69. The van der Waals surface area contributed by atoms with E-state index in [0.29, 0.717) is 18.8 Å². The van der Waals surface area contributed by atoms with E-state index in [0.717, 1.165) is 16.7 Å². The molecule has 2 amide bonds. The quantitative estimate of drug-likeness (QED) is 0.244. The topological polar surface area (TPSA) is 103 Å². The van der Waals surface area contributed by atoms with E-state index in [2.05, 4.69) is 10.6 Å². The number of nitrogens with one attached hydrogen (secondary N) is 2. The average Bonchev–Trinajstić information content (AvgIpc) is 2.94. The van der Waals surface area contributed by atoms with Crippen molar-refractivity contribution in [1.29, 1.82) is 0 Å². The molecule has 42 heavy (non-hydrogen) atoms. The number of amides is 2. The third-order valence-electron chi connectivity index (χ3n) is 6.15. The molecule has 0 bridgehead atoms.